The zero-order valence-corrected chi connectivity index (χ0v) is 13.6. The third-order valence-electron chi connectivity index (χ3n) is 4.17. The molecule has 0 spiro atoms. The molecular formula is C17H22N2O4. The lowest BCUT2D eigenvalue weighted by atomic mass is 10.1. The van der Waals surface area contributed by atoms with Crippen molar-refractivity contribution in [2.45, 2.75) is 6.92 Å². The Morgan fingerprint density at radius 2 is 2.13 bits per heavy atom. The molecule has 1 aliphatic heterocycles. The maximum atomic E-state index is 12.4. The average Bonchev–Trinajstić information content (AvgIpc) is 2.92. The van der Waals surface area contributed by atoms with Crippen molar-refractivity contribution in [3.63, 3.8) is 0 Å². The van der Waals surface area contributed by atoms with Crippen molar-refractivity contribution >= 4 is 16.9 Å². The van der Waals surface area contributed by atoms with E-state index in [0.29, 0.717) is 17.9 Å². The molecule has 0 aliphatic carbocycles. The van der Waals surface area contributed by atoms with Gasteiger partial charge in [-0.25, -0.2) is 0 Å². The first-order valence-electron chi connectivity index (χ1n) is 7.84. The van der Waals surface area contributed by atoms with Crippen LogP contribution in [-0.2, 0) is 4.74 Å². The van der Waals surface area contributed by atoms with E-state index in [4.69, 9.17) is 13.9 Å². The predicted molar refractivity (Wildman–Crippen MR) is 87.1 cm³/mol. The number of hydrogen-bond donors (Lipinski definition) is 1. The minimum Gasteiger partial charge on any atom is -0.497 e. The summed E-state index contributed by atoms with van der Waals surface area (Å²) >= 11 is 0. The van der Waals surface area contributed by atoms with Crippen LogP contribution in [0.2, 0.25) is 0 Å². The topological polar surface area (TPSA) is 63.9 Å². The number of benzene rings is 1. The highest BCUT2D eigenvalue weighted by Crippen LogP contribution is 2.28. The number of carbonyl (C=O) groups is 1. The van der Waals surface area contributed by atoms with Crippen molar-refractivity contribution < 1.29 is 18.7 Å². The highest BCUT2D eigenvalue weighted by atomic mass is 16.5. The SMILES string of the molecule is COc1ccc2oc(C(=O)NCCN3CCOCC3)c(C)c2c1. The largest absolute Gasteiger partial charge is 0.497 e. The summed E-state index contributed by atoms with van der Waals surface area (Å²) in [5, 5.41) is 3.84. The molecule has 0 saturated carbocycles. The fraction of sp³-hybridized carbons (Fsp3) is 0.471. The smallest absolute Gasteiger partial charge is 0.287 e. The van der Waals surface area contributed by atoms with Gasteiger partial charge in [-0.15, -0.1) is 0 Å². The van der Waals surface area contributed by atoms with Gasteiger partial charge in [0.15, 0.2) is 5.76 Å². The third kappa shape index (κ3) is 3.48. The molecule has 1 saturated heterocycles. The Kier molecular flexibility index (Phi) is 4.83. The molecule has 1 aromatic carbocycles. The van der Waals surface area contributed by atoms with E-state index in [9.17, 15) is 4.79 Å². The van der Waals surface area contributed by atoms with E-state index in [1.807, 2.05) is 25.1 Å². The number of nitrogens with zero attached hydrogens (tertiary/aromatic N) is 1. The number of methoxy groups -OCH3 is 1. The zero-order valence-electron chi connectivity index (χ0n) is 13.6. The van der Waals surface area contributed by atoms with Crippen LogP contribution in [0.4, 0.5) is 0 Å². The molecule has 3 rings (SSSR count). The second kappa shape index (κ2) is 7.02. The van der Waals surface area contributed by atoms with Gasteiger partial charge in [-0.3, -0.25) is 9.69 Å². The Morgan fingerprint density at radius 1 is 1.35 bits per heavy atom. The number of ether oxygens (including phenoxy) is 2. The van der Waals surface area contributed by atoms with Gasteiger partial charge in [-0.05, 0) is 25.1 Å². The van der Waals surface area contributed by atoms with Crippen LogP contribution in [-0.4, -0.2) is 57.3 Å². The van der Waals surface area contributed by atoms with E-state index in [0.717, 1.165) is 49.5 Å². The van der Waals surface area contributed by atoms with Gasteiger partial charge < -0.3 is 19.2 Å². The van der Waals surface area contributed by atoms with Crippen LogP contribution >= 0.6 is 0 Å². The lowest BCUT2D eigenvalue weighted by molar-refractivity contribution is 0.0382. The van der Waals surface area contributed by atoms with Crippen molar-refractivity contribution in [2.75, 3.05) is 46.5 Å². The van der Waals surface area contributed by atoms with Gasteiger partial charge in [-0.1, -0.05) is 0 Å². The van der Waals surface area contributed by atoms with Gasteiger partial charge in [-0.2, -0.15) is 0 Å². The molecular weight excluding hydrogens is 296 g/mol. The van der Waals surface area contributed by atoms with Gasteiger partial charge in [0.1, 0.15) is 11.3 Å². The molecule has 6 heteroatoms. The Morgan fingerprint density at radius 3 is 2.87 bits per heavy atom. The number of carbonyl (C=O) groups excluding carboxylic acids is 1. The zero-order chi connectivity index (χ0) is 16.2. The molecule has 0 bridgehead atoms. The molecule has 1 amide bonds. The summed E-state index contributed by atoms with van der Waals surface area (Å²) in [7, 11) is 1.62. The molecule has 23 heavy (non-hydrogen) atoms. The summed E-state index contributed by atoms with van der Waals surface area (Å²) in [6.45, 7) is 6.67. The Hall–Kier alpha value is -2.05. The number of nitrogens with one attached hydrogen (secondary N) is 1. The first-order chi connectivity index (χ1) is 11.2. The molecule has 2 heterocycles. The Labute approximate surface area is 135 Å². The molecule has 1 aromatic heterocycles. The molecule has 0 atom stereocenters. The van der Waals surface area contributed by atoms with Gasteiger partial charge in [0.25, 0.3) is 5.91 Å². The number of fused-ring (bicyclic) bond motifs is 1. The standard InChI is InChI=1S/C17H22N2O4/c1-12-14-11-13(21-2)3-4-15(14)23-16(12)17(20)18-5-6-19-7-9-22-10-8-19/h3-4,11H,5-10H2,1-2H3,(H,18,20). The molecule has 0 unspecified atom stereocenters. The molecule has 124 valence electrons. The Bertz CT molecular complexity index is 689. The summed E-state index contributed by atoms with van der Waals surface area (Å²) in [5.74, 6) is 0.946. The fourth-order valence-corrected chi connectivity index (χ4v) is 2.78. The number of aryl methyl sites for hydroxylation is 1. The molecule has 1 N–H and O–H groups in total. The maximum Gasteiger partial charge on any atom is 0.287 e. The van der Waals surface area contributed by atoms with Crippen molar-refractivity contribution in [3.8, 4) is 5.75 Å². The second-order valence-corrected chi connectivity index (χ2v) is 5.63. The maximum absolute atomic E-state index is 12.4. The summed E-state index contributed by atoms with van der Waals surface area (Å²) in [6.07, 6.45) is 0. The van der Waals surface area contributed by atoms with Crippen LogP contribution in [0.25, 0.3) is 11.0 Å². The van der Waals surface area contributed by atoms with Gasteiger partial charge >= 0.3 is 0 Å². The molecule has 6 nitrogen and oxygen atoms in total. The molecule has 1 aliphatic rings. The van der Waals surface area contributed by atoms with Crippen LogP contribution in [0.1, 0.15) is 16.1 Å². The lowest BCUT2D eigenvalue weighted by Crippen LogP contribution is -2.41. The Balaban J connectivity index is 1.64. The average molecular weight is 318 g/mol. The molecule has 1 fully saturated rings. The minimum absolute atomic E-state index is 0.175. The highest BCUT2D eigenvalue weighted by Gasteiger charge is 2.18. The number of amides is 1. The van der Waals surface area contributed by atoms with Crippen LogP contribution in [0.5, 0.6) is 5.75 Å². The van der Waals surface area contributed by atoms with Crippen molar-refractivity contribution in [3.05, 3.63) is 29.5 Å². The summed E-state index contributed by atoms with van der Waals surface area (Å²) in [5.41, 5.74) is 1.53. The second-order valence-electron chi connectivity index (χ2n) is 5.63. The van der Waals surface area contributed by atoms with Crippen LogP contribution in [0, 0.1) is 6.92 Å². The van der Waals surface area contributed by atoms with E-state index in [1.54, 1.807) is 7.11 Å². The van der Waals surface area contributed by atoms with E-state index >= 15 is 0 Å². The van der Waals surface area contributed by atoms with Gasteiger partial charge in [0.05, 0.1) is 20.3 Å². The first kappa shape index (κ1) is 15.8. The molecule has 2 aromatic rings. The quantitative estimate of drug-likeness (QED) is 0.911. The van der Waals surface area contributed by atoms with E-state index < -0.39 is 0 Å². The van der Waals surface area contributed by atoms with Crippen LogP contribution in [0.15, 0.2) is 22.6 Å². The number of rotatable bonds is 5. The van der Waals surface area contributed by atoms with Gasteiger partial charge in [0, 0.05) is 37.1 Å². The number of furan rings is 1. The van der Waals surface area contributed by atoms with E-state index in [-0.39, 0.29) is 5.91 Å². The predicted octanol–water partition coefficient (Wildman–Crippen LogP) is 1.81. The van der Waals surface area contributed by atoms with Crippen LogP contribution in [0.3, 0.4) is 0 Å². The summed E-state index contributed by atoms with van der Waals surface area (Å²) in [4.78, 5) is 14.6. The monoisotopic (exact) mass is 318 g/mol. The first-order valence-corrected chi connectivity index (χ1v) is 7.84. The van der Waals surface area contributed by atoms with Crippen molar-refractivity contribution in [1.29, 1.82) is 0 Å². The normalized spacial score (nSPS) is 15.7. The summed E-state index contributed by atoms with van der Waals surface area (Å²) < 4.78 is 16.2. The van der Waals surface area contributed by atoms with Crippen molar-refractivity contribution in [1.82, 2.24) is 10.2 Å². The number of hydrogen-bond acceptors (Lipinski definition) is 5. The third-order valence-corrected chi connectivity index (χ3v) is 4.17. The highest BCUT2D eigenvalue weighted by molar-refractivity contribution is 5.99. The summed E-state index contributed by atoms with van der Waals surface area (Å²) in [6, 6.07) is 5.54. The van der Waals surface area contributed by atoms with E-state index in [2.05, 4.69) is 10.2 Å². The van der Waals surface area contributed by atoms with Crippen molar-refractivity contribution in [2.24, 2.45) is 0 Å². The number of morpholine rings is 1. The van der Waals surface area contributed by atoms with E-state index in [1.165, 1.54) is 0 Å². The lowest BCUT2D eigenvalue weighted by Gasteiger charge is -2.26. The fourth-order valence-electron chi connectivity index (χ4n) is 2.78. The molecule has 0 radical (unpaired) electrons. The minimum atomic E-state index is -0.175. The van der Waals surface area contributed by atoms with Gasteiger partial charge in [0.2, 0.25) is 0 Å². The van der Waals surface area contributed by atoms with Crippen LogP contribution < -0.4 is 10.1 Å².